The van der Waals surface area contributed by atoms with Crippen molar-refractivity contribution in [2.45, 2.75) is 19.4 Å². The number of aryl methyl sites for hydroxylation is 1. The topological polar surface area (TPSA) is 41.0 Å². The van der Waals surface area contributed by atoms with E-state index in [0.717, 1.165) is 29.6 Å². The second-order valence-corrected chi connectivity index (χ2v) is 5.22. The van der Waals surface area contributed by atoms with Crippen LogP contribution in [0.4, 0.5) is 0 Å². The third kappa shape index (κ3) is 1.50. The van der Waals surface area contributed by atoms with Gasteiger partial charge < -0.3 is 14.5 Å². The molecule has 1 amide bonds. The summed E-state index contributed by atoms with van der Waals surface area (Å²) in [6, 6.07) is 5.88. The van der Waals surface area contributed by atoms with Crippen LogP contribution >= 0.6 is 12.2 Å². The summed E-state index contributed by atoms with van der Waals surface area (Å²) in [5.41, 5.74) is 3.20. The number of para-hydroxylation sites is 1. The Balaban J connectivity index is 2.26. The van der Waals surface area contributed by atoms with Crippen LogP contribution in [-0.2, 0) is 4.79 Å². The quantitative estimate of drug-likeness (QED) is 0.801. The number of H-pyrrole nitrogens is 1. The zero-order valence-electron chi connectivity index (χ0n) is 10.4. The Bertz CT molecular complexity index is 685. The van der Waals surface area contributed by atoms with E-state index in [9.17, 15) is 4.79 Å². The number of hydrogen-bond donors (Lipinski definition) is 1. The van der Waals surface area contributed by atoms with Gasteiger partial charge in [0, 0.05) is 13.6 Å². The largest absolute Gasteiger partial charge is 0.344 e. The average Bonchev–Trinajstić information content (AvgIpc) is 2.82. The molecule has 18 heavy (non-hydrogen) atoms. The highest BCUT2D eigenvalue weighted by Gasteiger charge is 2.32. The van der Waals surface area contributed by atoms with E-state index in [1.807, 2.05) is 36.7 Å². The number of likely N-dealkylation sites (N-methyl/N-ethyl adjacent to an activating group) is 1. The molecule has 1 aromatic carbocycles. The summed E-state index contributed by atoms with van der Waals surface area (Å²) in [6.07, 6.45) is 0.824. The van der Waals surface area contributed by atoms with Crippen LogP contribution in [0.15, 0.2) is 18.2 Å². The average molecular weight is 261 g/mol. The van der Waals surface area contributed by atoms with Gasteiger partial charge in [-0.3, -0.25) is 4.79 Å². The lowest BCUT2D eigenvalue weighted by molar-refractivity contribution is -0.129. The van der Waals surface area contributed by atoms with Crippen molar-refractivity contribution in [1.29, 1.82) is 0 Å². The number of nitrogens with one attached hydrogen (secondary N) is 1. The third-order valence-corrected chi connectivity index (χ3v) is 3.95. The SMILES string of the molecule is Cc1cccc2[nH]c(=S)n(C3CCN(C)C3=O)c12. The van der Waals surface area contributed by atoms with Crippen molar-refractivity contribution in [2.75, 3.05) is 13.6 Å². The molecule has 0 radical (unpaired) electrons. The highest BCUT2D eigenvalue weighted by Crippen LogP contribution is 2.28. The van der Waals surface area contributed by atoms with Crippen LogP contribution < -0.4 is 0 Å². The minimum Gasteiger partial charge on any atom is -0.344 e. The molecule has 0 saturated carbocycles. The van der Waals surface area contributed by atoms with E-state index >= 15 is 0 Å². The molecule has 2 heterocycles. The molecule has 4 nitrogen and oxygen atoms in total. The summed E-state index contributed by atoms with van der Waals surface area (Å²) < 4.78 is 2.61. The molecule has 5 heteroatoms. The highest BCUT2D eigenvalue weighted by molar-refractivity contribution is 7.71. The van der Waals surface area contributed by atoms with Gasteiger partial charge in [0.05, 0.1) is 11.0 Å². The molecule has 1 fully saturated rings. The predicted octanol–water partition coefficient (Wildman–Crippen LogP) is 2.41. The molecule has 3 rings (SSSR count). The smallest absolute Gasteiger partial charge is 0.245 e. The highest BCUT2D eigenvalue weighted by atomic mass is 32.1. The molecular formula is C13H15N3OS. The number of fused-ring (bicyclic) bond motifs is 1. The Hall–Kier alpha value is -1.62. The van der Waals surface area contributed by atoms with Gasteiger partial charge >= 0.3 is 0 Å². The summed E-state index contributed by atoms with van der Waals surface area (Å²) in [5, 5.41) is 0. The van der Waals surface area contributed by atoms with Crippen LogP contribution in [0.5, 0.6) is 0 Å². The van der Waals surface area contributed by atoms with Gasteiger partial charge in [0.2, 0.25) is 5.91 Å². The van der Waals surface area contributed by atoms with Gasteiger partial charge in [-0.05, 0) is 37.2 Å². The van der Waals surface area contributed by atoms with Gasteiger partial charge in [-0.25, -0.2) is 0 Å². The normalized spacial score (nSPS) is 20.0. The standard InChI is InChI=1S/C13H15N3OS/c1-8-4-3-5-9-11(8)16(13(18)14-9)10-6-7-15(2)12(10)17/h3-5,10H,6-7H2,1-2H3,(H,14,18). The molecule has 1 aliphatic heterocycles. The zero-order valence-corrected chi connectivity index (χ0v) is 11.3. The van der Waals surface area contributed by atoms with Crippen molar-refractivity contribution < 1.29 is 4.79 Å². The van der Waals surface area contributed by atoms with Gasteiger partial charge in [0.15, 0.2) is 4.77 Å². The Kier molecular flexibility index (Phi) is 2.52. The van der Waals surface area contributed by atoms with Gasteiger partial charge in [-0.2, -0.15) is 0 Å². The number of carbonyl (C=O) groups excluding carboxylic acids is 1. The van der Waals surface area contributed by atoms with E-state index in [-0.39, 0.29) is 11.9 Å². The first-order chi connectivity index (χ1) is 8.59. The van der Waals surface area contributed by atoms with Crippen LogP contribution in [0, 0.1) is 11.7 Å². The minimum absolute atomic E-state index is 0.148. The van der Waals surface area contributed by atoms with Gasteiger partial charge in [0.1, 0.15) is 6.04 Å². The second-order valence-electron chi connectivity index (χ2n) is 4.84. The first kappa shape index (κ1) is 11.5. The lowest BCUT2D eigenvalue weighted by atomic mass is 10.2. The van der Waals surface area contributed by atoms with E-state index < -0.39 is 0 Å². The molecule has 0 spiro atoms. The van der Waals surface area contributed by atoms with E-state index in [4.69, 9.17) is 12.2 Å². The molecule has 0 aliphatic carbocycles. The van der Waals surface area contributed by atoms with Gasteiger partial charge in [-0.15, -0.1) is 0 Å². The Labute approximate surface area is 110 Å². The maximum absolute atomic E-state index is 12.2. The van der Waals surface area contributed by atoms with Crippen molar-refractivity contribution in [3.05, 3.63) is 28.5 Å². The Morgan fingerprint density at radius 2 is 2.22 bits per heavy atom. The predicted molar refractivity (Wildman–Crippen MR) is 73.2 cm³/mol. The number of amides is 1. The van der Waals surface area contributed by atoms with E-state index in [1.54, 1.807) is 4.90 Å². The van der Waals surface area contributed by atoms with Crippen molar-refractivity contribution in [2.24, 2.45) is 0 Å². The molecule has 1 unspecified atom stereocenters. The molecule has 1 N–H and O–H groups in total. The zero-order chi connectivity index (χ0) is 12.9. The van der Waals surface area contributed by atoms with Gasteiger partial charge in [-0.1, -0.05) is 12.1 Å². The van der Waals surface area contributed by atoms with Crippen LogP contribution in [0.25, 0.3) is 11.0 Å². The Morgan fingerprint density at radius 3 is 2.89 bits per heavy atom. The molecule has 1 aromatic heterocycles. The van der Waals surface area contributed by atoms with Crippen LogP contribution in [0.3, 0.4) is 0 Å². The number of nitrogens with zero attached hydrogens (tertiary/aromatic N) is 2. The summed E-state index contributed by atoms with van der Waals surface area (Å²) in [6.45, 7) is 2.84. The number of aromatic amines is 1. The fraction of sp³-hybridized carbons (Fsp3) is 0.385. The maximum atomic E-state index is 12.2. The number of likely N-dealkylation sites (tertiary alicyclic amines) is 1. The lowest BCUT2D eigenvalue weighted by Crippen LogP contribution is -2.24. The molecule has 94 valence electrons. The fourth-order valence-corrected chi connectivity index (χ4v) is 3.03. The summed E-state index contributed by atoms with van der Waals surface area (Å²) >= 11 is 5.38. The minimum atomic E-state index is -0.155. The second kappa shape index (κ2) is 3.95. The maximum Gasteiger partial charge on any atom is 0.245 e. The summed E-state index contributed by atoms with van der Waals surface area (Å²) in [5.74, 6) is 0.148. The van der Waals surface area contributed by atoms with Crippen molar-refractivity contribution in [1.82, 2.24) is 14.5 Å². The first-order valence-corrected chi connectivity index (χ1v) is 6.45. The van der Waals surface area contributed by atoms with Crippen molar-refractivity contribution >= 4 is 29.2 Å². The fourth-order valence-electron chi connectivity index (χ4n) is 2.70. The molecule has 1 atom stereocenters. The number of carbonyl (C=O) groups is 1. The van der Waals surface area contributed by atoms with Crippen LogP contribution in [0.1, 0.15) is 18.0 Å². The molecule has 1 saturated heterocycles. The van der Waals surface area contributed by atoms with Crippen molar-refractivity contribution in [3.8, 4) is 0 Å². The van der Waals surface area contributed by atoms with E-state index in [0.29, 0.717) is 4.77 Å². The Morgan fingerprint density at radius 1 is 1.44 bits per heavy atom. The van der Waals surface area contributed by atoms with Gasteiger partial charge in [0.25, 0.3) is 0 Å². The first-order valence-electron chi connectivity index (χ1n) is 6.04. The number of rotatable bonds is 1. The van der Waals surface area contributed by atoms with Crippen LogP contribution in [0.2, 0.25) is 0 Å². The monoisotopic (exact) mass is 261 g/mol. The number of benzene rings is 1. The van der Waals surface area contributed by atoms with E-state index in [2.05, 4.69) is 4.98 Å². The third-order valence-electron chi connectivity index (χ3n) is 3.65. The molecule has 1 aliphatic rings. The summed E-state index contributed by atoms with van der Waals surface area (Å²) in [4.78, 5) is 17.1. The van der Waals surface area contributed by atoms with E-state index in [1.165, 1.54) is 0 Å². The molecular weight excluding hydrogens is 246 g/mol. The van der Waals surface area contributed by atoms with Crippen LogP contribution in [-0.4, -0.2) is 34.0 Å². The number of aromatic nitrogens is 2. The molecule has 2 aromatic rings. The number of hydrogen-bond acceptors (Lipinski definition) is 2. The lowest BCUT2D eigenvalue weighted by Gasteiger charge is -2.13. The number of imidazole rings is 1. The van der Waals surface area contributed by atoms with Crippen molar-refractivity contribution in [3.63, 3.8) is 0 Å². The molecule has 0 bridgehead atoms. The summed E-state index contributed by atoms with van der Waals surface area (Å²) in [7, 11) is 1.84.